The number of rotatable bonds is 6. The van der Waals surface area contributed by atoms with Crippen molar-refractivity contribution >= 4 is 51.1 Å². The molecule has 0 atom stereocenters. The third kappa shape index (κ3) is 4.98. The van der Waals surface area contributed by atoms with Crippen LogP contribution in [0.25, 0.3) is 21.9 Å². The van der Waals surface area contributed by atoms with E-state index in [-0.39, 0.29) is 16.9 Å². The van der Waals surface area contributed by atoms with Crippen LogP contribution in [-0.4, -0.2) is 22.9 Å². The smallest absolute Gasteiger partial charge is 0.342 e. The predicted molar refractivity (Wildman–Crippen MR) is 143 cm³/mol. The molecule has 0 spiro atoms. The maximum atomic E-state index is 12.8. The van der Waals surface area contributed by atoms with Crippen LogP contribution in [0.3, 0.4) is 0 Å². The fraction of sp³-hybridized carbons (Fsp3) is 0. The number of hydrogen-bond donors (Lipinski definition) is 0. The van der Waals surface area contributed by atoms with Gasteiger partial charge in [0.2, 0.25) is 5.12 Å². The van der Waals surface area contributed by atoms with Gasteiger partial charge in [-0.2, -0.15) is 0 Å². The summed E-state index contributed by atoms with van der Waals surface area (Å²) in [5.74, 6) is -1.22. The van der Waals surface area contributed by atoms with Crippen LogP contribution in [0.15, 0.2) is 115 Å². The first-order chi connectivity index (χ1) is 17.9. The topological polar surface area (TPSA) is 80.8 Å². The minimum atomic E-state index is -0.455. The fourth-order valence-corrected chi connectivity index (χ4v) is 4.72. The molecule has 37 heavy (non-hydrogen) atoms. The van der Waals surface area contributed by atoms with Crippen molar-refractivity contribution in [3.63, 3.8) is 0 Å². The summed E-state index contributed by atoms with van der Waals surface area (Å²) in [6, 6.07) is 25.3. The number of fused-ring (bicyclic) bond motifs is 1. The Hall–Kier alpha value is -4.75. The Morgan fingerprint density at radius 3 is 2.00 bits per heavy atom. The largest absolute Gasteiger partial charge is 0.432 e. The molecule has 1 aliphatic heterocycles. The molecule has 0 unspecified atom stereocenters. The third-order valence-corrected chi connectivity index (χ3v) is 6.76. The molecule has 0 fully saturated rings. The highest BCUT2D eigenvalue weighted by Gasteiger charge is 2.25. The van der Waals surface area contributed by atoms with Gasteiger partial charge in [0, 0.05) is 22.6 Å². The molecule has 0 saturated heterocycles. The van der Waals surface area contributed by atoms with E-state index in [1.165, 1.54) is 12.2 Å². The lowest BCUT2D eigenvalue weighted by atomic mass is 9.99. The zero-order chi connectivity index (χ0) is 25.9. The first kappa shape index (κ1) is 24.0. The van der Waals surface area contributed by atoms with E-state index >= 15 is 0 Å². The zero-order valence-corrected chi connectivity index (χ0v) is 20.2. The standard InChI is InChI=1S/C30H19NO5S/c1-2-36-29(34)24-10-9-22-17-21(7-8-23(22)18-24)19-3-5-20(6-4-19)30(35)37-26-13-11-25(12-14-26)31-27(32)15-16-28(31)33/h2-18H,1H2. The molecule has 0 radical (unpaired) electrons. The molecule has 2 amide bonds. The highest BCUT2D eigenvalue weighted by Crippen LogP contribution is 2.29. The summed E-state index contributed by atoms with van der Waals surface area (Å²) in [5.41, 5.74) is 3.40. The molecule has 7 heteroatoms. The van der Waals surface area contributed by atoms with Gasteiger partial charge < -0.3 is 4.74 Å². The highest BCUT2D eigenvalue weighted by atomic mass is 32.2. The molecular formula is C30H19NO5S. The molecule has 4 aromatic rings. The van der Waals surface area contributed by atoms with Crippen molar-refractivity contribution in [1.29, 1.82) is 0 Å². The number of hydrogen-bond acceptors (Lipinski definition) is 6. The van der Waals surface area contributed by atoms with Crippen molar-refractivity contribution in [2.75, 3.05) is 4.90 Å². The zero-order valence-electron chi connectivity index (χ0n) is 19.4. The normalized spacial score (nSPS) is 12.7. The van der Waals surface area contributed by atoms with Gasteiger partial charge in [0.1, 0.15) is 0 Å². The van der Waals surface area contributed by atoms with Crippen molar-refractivity contribution in [3.8, 4) is 11.1 Å². The molecule has 0 aromatic heterocycles. The fourth-order valence-electron chi connectivity index (χ4n) is 3.98. The highest BCUT2D eigenvalue weighted by molar-refractivity contribution is 8.14. The van der Waals surface area contributed by atoms with Crippen LogP contribution < -0.4 is 4.90 Å². The van der Waals surface area contributed by atoms with Crippen molar-refractivity contribution in [2.45, 2.75) is 4.90 Å². The SMILES string of the molecule is C=COC(=O)c1ccc2cc(-c3ccc(C(=O)Sc4ccc(N5C(=O)C=CC5=O)cc4)cc3)ccc2c1. The molecule has 0 bridgehead atoms. The second-order valence-electron chi connectivity index (χ2n) is 8.15. The Balaban J connectivity index is 1.28. The van der Waals surface area contributed by atoms with Crippen LogP contribution >= 0.6 is 11.8 Å². The summed E-state index contributed by atoms with van der Waals surface area (Å²) in [7, 11) is 0. The number of ether oxygens (including phenoxy) is 1. The van der Waals surface area contributed by atoms with E-state index in [0.29, 0.717) is 21.7 Å². The van der Waals surface area contributed by atoms with Crippen LogP contribution in [0.2, 0.25) is 0 Å². The lowest BCUT2D eigenvalue weighted by Crippen LogP contribution is -2.29. The summed E-state index contributed by atoms with van der Waals surface area (Å²) >= 11 is 1.07. The van der Waals surface area contributed by atoms with Crippen LogP contribution in [0.4, 0.5) is 5.69 Å². The van der Waals surface area contributed by atoms with Crippen LogP contribution in [0, 0.1) is 0 Å². The average Bonchev–Trinajstić information content (AvgIpc) is 3.26. The number of carbonyl (C=O) groups excluding carboxylic acids is 4. The molecule has 180 valence electrons. The number of amides is 2. The molecule has 6 nitrogen and oxygen atoms in total. The van der Waals surface area contributed by atoms with Crippen molar-refractivity contribution < 1.29 is 23.9 Å². The number of esters is 1. The Morgan fingerprint density at radius 2 is 1.32 bits per heavy atom. The van der Waals surface area contributed by atoms with Gasteiger partial charge in [0.15, 0.2) is 0 Å². The first-order valence-electron chi connectivity index (χ1n) is 11.3. The summed E-state index contributed by atoms with van der Waals surface area (Å²) in [5, 5.41) is 1.76. The number of carbonyl (C=O) groups is 4. The third-order valence-electron chi connectivity index (χ3n) is 5.83. The van der Waals surface area contributed by atoms with Gasteiger partial charge in [-0.1, -0.05) is 36.9 Å². The van der Waals surface area contributed by atoms with Crippen molar-refractivity contribution in [3.05, 3.63) is 121 Å². The molecule has 4 aromatic carbocycles. The lowest BCUT2D eigenvalue weighted by Gasteiger charge is -2.13. The van der Waals surface area contributed by atoms with E-state index < -0.39 is 5.97 Å². The van der Waals surface area contributed by atoms with E-state index in [2.05, 4.69) is 6.58 Å². The lowest BCUT2D eigenvalue weighted by molar-refractivity contribution is -0.120. The minimum Gasteiger partial charge on any atom is -0.432 e. The van der Waals surface area contributed by atoms with Crippen LogP contribution in [0.5, 0.6) is 0 Å². The van der Waals surface area contributed by atoms with Crippen LogP contribution in [0.1, 0.15) is 20.7 Å². The molecule has 0 aliphatic carbocycles. The van der Waals surface area contributed by atoms with Gasteiger partial charge in [-0.15, -0.1) is 0 Å². The molecule has 1 aliphatic rings. The second kappa shape index (κ2) is 10.1. The Morgan fingerprint density at radius 1 is 0.730 bits per heavy atom. The summed E-state index contributed by atoms with van der Waals surface area (Å²) in [6.07, 6.45) is 3.57. The summed E-state index contributed by atoms with van der Waals surface area (Å²) in [6.45, 7) is 3.40. The van der Waals surface area contributed by atoms with Gasteiger partial charge >= 0.3 is 5.97 Å². The minimum absolute atomic E-state index is 0.119. The number of thioether (sulfide) groups is 1. The monoisotopic (exact) mass is 505 g/mol. The van der Waals surface area contributed by atoms with Gasteiger partial charge in [0.05, 0.1) is 17.5 Å². The maximum Gasteiger partial charge on any atom is 0.342 e. The Labute approximate surface area is 216 Å². The molecule has 0 N–H and O–H groups in total. The number of benzene rings is 4. The van der Waals surface area contributed by atoms with Gasteiger partial charge in [-0.3, -0.25) is 14.4 Å². The number of anilines is 1. The average molecular weight is 506 g/mol. The molecule has 1 heterocycles. The quantitative estimate of drug-likeness (QED) is 0.135. The van der Waals surface area contributed by atoms with E-state index in [9.17, 15) is 19.2 Å². The summed E-state index contributed by atoms with van der Waals surface area (Å²) < 4.78 is 4.84. The molecule has 0 saturated carbocycles. The van der Waals surface area contributed by atoms with E-state index in [4.69, 9.17) is 4.74 Å². The molecule has 5 rings (SSSR count). The van der Waals surface area contributed by atoms with Crippen molar-refractivity contribution in [2.24, 2.45) is 0 Å². The van der Waals surface area contributed by atoms with Gasteiger partial charge in [0.25, 0.3) is 11.8 Å². The van der Waals surface area contributed by atoms with Gasteiger partial charge in [-0.25, -0.2) is 9.69 Å². The molecular weight excluding hydrogens is 486 g/mol. The Kier molecular flexibility index (Phi) is 6.53. The maximum absolute atomic E-state index is 12.8. The Bertz CT molecular complexity index is 1590. The van der Waals surface area contributed by atoms with Crippen molar-refractivity contribution in [1.82, 2.24) is 0 Å². The number of imide groups is 1. The second-order valence-corrected chi connectivity index (χ2v) is 9.20. The van der Waals surface area contributed by atoms with Gasteiger partial charge in [-0.05, 0) is 88.3 Å². The predicted octanol–water partition coefficient (Wildman–Crippen LogP) is 6.17. The summed E-state index contributed by atoms with van der Waals surface area (Å²) in [4.78, 5) is 50.2. The van der Waals surface area contributed by atoms with Crippen LogP contribution in [-0.2, 0) is 14.3 Å². The van der Waals surface area contributed by atoms with E-state index in [1.54, 1.807) is 48.5 Å². The van der Waals surface area contributed by atoms with E-state index in [0.717, 1.165) is 44.8 Å². The van der Waals surface area contributed by atoms with E-state index in [1.807, 2.05) is 36.4 Å². The number of nitrogens with zero attached hydrogens (tertiary/aromatic N) is 1. The first-order valence-corrected chi connectivity index (χ1v) is 12.1.